The van der Waals surface area contributed by atoms with Gasteiger partial charge >= 0.3 is 0 Å². The van der Waals surface area contributed by atoms with Crippen molar-refractivity contribution in [1.82, 2.24) is 9.97 Å². The molecule has 2 atom stereocenters. The van der Waals surface area contributed by atoms with E-state index in [9.17, 15) is 0 Å². The third kappa shape index (κ3) is 6.18. The van der Waals surface area contributed by atoms with Gasteiger partial charge in [-0.05, 0) is 36.6 Å². The minimum Gasteiger partial charge on any atom is -0.393 e. The van der Waals surface area contributed by atoms with Crippen molar-refractivity contribution in [3.8, 4) is 11.3 Å². The van der Waals surface area contributed by atoms with Crippen LogP contribution in [0.1, 0.15) is 46.6 Å². The number of benzene rings is 4. The van der Waals surface area contributed by atoms with E-state index in [0.717, 1.165) is 33.1 Å². The molecule has 0 amide bonds. The van der Waals surface area contributed by atoms with Crippen LogP contribution in [0.3, 0.4) is 0 Å². The van der Waals surface area contributed by atoms with Crippen molar-refractivity contribution in [1.29, 1.82) is 0 Å². The molecule has 0 saturated heterocycles. The summed E-state index contributed by atoms with van der Waals surface area (Å²) < 4.78 is 0. The zero-order valence-corrected chi connectivity index (χ0v) is 23.7. The van der Waals surface area contributed by atoms with Gasteiger partial charge in [0.2, 0.25) is 0 Å². The van der Waals surface area contributed by atoms with Gasteiger partial charge in [0.1, 0.15) is 0 Å². The molecule has 5 aromatic rings. The Hall–Kier alpha value is -2.65. The maximum Gasteiger partial charge on any atom is 0.0873 e. The van der Waals surface area contributed by atoms with E-state index in [4.69, 9.17) is 20.2 Å². The van der Waals surface area contributed by atoms with Gasteiger partial charge in [-0.2, -0.15) is 0 Å². The van der Waals surface area contributed by atoms with E-state index in [1.54, 1.807) is 13.8 Å². The largest absolute Gasteiger partial charge is 0.393 e. The Balaban J connectivity index is 0.000000400. The Morgan fingerprint density at radius 2 is 1.42 bits per heavy atom. The van der Waals surface area contributed by atoms with Gasteiger partial charge in [-0.25, -0.2) is 0 Å². The summed E-state index contributed by atoms with van der Waals surface area (Å²) in [7, 11) is 0. The van der Waals surface area contributed by atoms with Gasteiger partial charge in [0.15, 0.2) is 0 Å². The zero-order chi connectivity index (χ0) is 25.2. The molecule has 5 rings (SSSR count). The molecule has 4 aromatic carbocycles. The fourth-order valence-electron chi connectivity index (χ4n) is 4.32. The molecule has 0 fully saturated rings. The van der Waals surface area contributed by atoms with Crippen molar-refractivity contribution < 1.29 is 31.3 Å². The summed E-state index contributed by atoms with van der Waals surface area (Å²) in [5.41, 5.74) is 5.28. The molecule has 4 nitrogen and oxygen atoms in total. The Bertz CT molecular complexity index is 1410. The Kier molecular flexibility index (Phi) is 9.00. The van der Waals surface area contributed by atoms with Crippen LogP contribution >= 0.6 is 0 Å². The molecule has 0 spiro atoms. The normalized spacial score (nSPS) is 13.1. The van der Waals surface area contributed by atoms with Crippen molar-refractivity contribution in [3.63, 3.8) is 0 Å². The van der Waals surface area contributed by atoms with E-state index in [1.165, 1.54) is 16.3 Å². The van der Waals surface area contributed by atoms with Gasteiger partial charge in [0, 0.05) is 38.3 Å². The first kappa shape index (κ1) is 27.9. The van der Waals surface area contributed by atoms with Crippen LogP contribution in [0.2, 0.25) is 0 Å². The number of hydrogen-bond donors (Lipinski definition) is 2. The molecule has 0 aliphatic carbocycles. The van der Waals surface area contributed by atoms with Crippen LogP contribution in [0.15, 0.2) is 72.9 Å². The summed E-state index contributed by atoms with van der Waals surface area (Å²) in [6.45, 7) is 10.0. The first-order valence-corrected chi connectivity index (χ1v) is 12.1. The second-order valence-corrected chi connectivity index (χ2v) is 10.2. The molecule has 0 radical (unpaired) electrons. The zero-order valence-electron chi connectivity index (χ0n) is 21.4. The van der Waals surface area contributed by atoms with E-state index in [1.807, 2.05) is 18.3 Å². The third-order valence-electron chi connectivity index (χ3n) is 6.07. The number of aliphatic hydroxyl groups is 2. The molecule has 0 saturated carbocycles. The summed E-state index contributed by atoms with van der Waals surface area (Å²) in [5, 5.41) is 21.6. The first-order chi connectivity index (χ1) is 16.6. The standard InChI is InChI=1S/C26H21N2.C5H12O2.Pt/c1-26(2,3)18-14-12-17(13-15-18)23-16-27-24-21-10-6-4-8-19(21)20-9-5-7-11-22(20)25(24)28-23;1-4(6)3-5(2)7;/h4-9,11-16H,1-3H3;4-7H,3H2,1-2H3;/q-1;;. The van der Waals surface area contributed by atoms with E-state index < -0.39 is 0 Å². The maximum absolute atomic E-state index is 8.56. The summed E-state index contributed by atoms with van der Waals surface area (Å²) in [6.07, 6.45) is 1.60. The van der Waals surface area contributed by atoms with Gasteiger partial charge in [-0.15, -0.1) is 29.7 Å². The van der Waals surface area contributed by atoms with Crippen molar-refractivity contribution in [2.45, 2.75) is 58.7 Å². The molecule has 36 heavy (non-hydrogen) atoms. The van der Waals surface area contributed by atoms with Crippen molar-refractivity contribution in [2.24, 2.45) is 0 Å². The minimum absolute atomic E-state index is 0. The quantitative estimate of drug-likeness (QED) is 0.165. The van der Waals surface area contributed by atoms with Gasteiger partial charge < -0.3 is 15.2 Å². The molecule has 2 unspecified atom stereocenters. The molecule has 2 N–H and O–H groups in total. The van der Waals surface area contributed by atoms with E-state index in [2.05, 4.69) is 81.4 Å². The molecule has 0 bridgehead atoms. The average molecular weight is 661 g/mol. The predicted molar refractivity (Wildman–Crippen MR) is 146 cm³/mol. The first-order valence-electron chi connectivity index (χ1n) is 12.1. The predicted octanol–water partition coefficient (Wildman–Crippen LogP) is 6.84. The van der Waals surface area contributed by atoms with E-state index in [-0.39, 0.29) is 38.7 Å². The van der Waals surface area contributed by atoms with Gasteiger partial charge in [-0.3, -0.25) is 4.98 Å². The Morgan fingerprint density at radius 1 is 0.806 bits per heavy atom. The number of aliphatic hydroxyl groups excluding tert-OH is 2. The number of fused-ring (bicyclic) bond motifs is 6. The fraction of sp³-hybridized carbons (Fsp3) is 0.290. The van der Waals surface area contributed by atoms with Crippen LogP contribution in [-0.4, -0.2) is 32.4 Å². The van der Waals surface area contributed by atoms with Crippen molar-refractivity contribution in [2.75, 3.05) is 0 Å². The van der Waals surface area contributed by atoms with Gasteiger partial charge in [-0.1, -0.05) is 80.1 Å². The number of nitrogens with zero attached hydrogens (tertiary/aromatic N) is 2. The topological polar surface area (TPSA) is 66.2 Å². The second-order valence-electron chi connectivity index (χ2n) is 10.2. The minimum atomic E-state index is -0.375. The average Bonchev–Trinajstić information content (AvgIpc) is 2.83. The SMILES string of the molecule is CC(C)(C)c1ccc(-c2cnc3c4[c-]cccc4c4ccccc4c3n2)cc1.CC(O)CC(C)O.[Pt]. The molecule has 1 aromatic heterocycles. The fourth-order valence-corrected chi connectivity index (χ4v) is 4.32. The molecule has 5 heteroatoms. The monoisotopic (exact) mass is 660 g/mol. The molecule has 0 aliphatic rings. The smallest absolute Gasteiger partial charge is 0.0873 e. The van der Waals surface area contributed by atoms with Crippen LogP contribution in [0, 0.1) is 6.07 Å². The van der Waals surface area contributed by atoms with Gasteiger partial charge in [0.05, 0.1) is 23.4 Å². The molecular formula is C31H33N2O2Pt-. The van der Waals surface area contributed by atoms with Gasteiger partial charge in [0.25, 0.3) is 0 Å². The third-order valence-corrected chi connectivity index (χ3v) is 6.07. The molecule has 1 heterocycles. The summed E-state index contributed by atoms with van der Waals surface area (Å²) in [6, 6.07) is 26.5. The number of rotatable bonds is 3. The number of aromatic nitrogens is 2. The summed E-state index contributed by atoms with van der Waals surface area (Å²) in [5.74, 6) is 0. The van der Waals surface area contributed by atoms with Crippen molar-refractivity contribution >= 4 is 32.6 Å². The number of hydrogen-bond acceptors (Lipinski definition) is 4. The molecule has 190 valence electrons. The van der Waals surface area contributed by atoms with E-state index >= 15 is 0 Å². The summed E-state index contributed by atoms with van der Waals surface area (Å²) in [4.78, 5) is 9.85. The van der Waals surface area contributed by atoms with Crippen LogP contribution in [-0.2, 0) is 26.5 Å². The Morgan fingerprint density at radius 3 is 2.00 bits per heavy atom. The molecule has 0 aliphatic heterocycles. The van der Waals surface area contributed by atoms with Crippen LogP contribution in [0.4, 0.5) is 0 Å². The van der Waals surface area contributed by atoms with Crippen molar-refractivity contribution in [3.05, 3.63) is 84.6 Å². The molecular weight excluding hydrogens is 627 g/mol. The van der Waals surface area contributed by atoms with Crippen LogP contribution < -0.4 is 0 Å². The van der Waals surface area contributed by atoms with Crippen LogP contribution in [0.25, 0.3) is 43.8 Å². The van der Waals surface area contributed by atoms with E-state index in [0.29, 0.717) is 6.42 Å². The maximum atomic E-state index is 8.56. The Labute approximate surface area is 227 Å². The summed E-state index contributed by atoms with van der Waals surface area (Å²) >= 11 is 0. The second kappa shape index (κ2) is 11.6. The van der Waals surface area contributed by atoms with Crippen LogP contribution in [0.5, 0.6) is 0 Å².